The number of aliphatic hydroxyl groups is 2. The second-order valence-electron chi connectivity index (χ2n) is 10.7. The first-order valence-corrected chi connectivity index (χ1v) is 16.1. The lowest BCUT2D eigenvalue weighted by Crippen LogP contribution is -2.14. The number of benzene rings is 3. The summed E-state index contributed by atoms with van der Waals surface area (Å²) in [5.41, 5.74) is 4.05. The molecule has 0 unspecified atom stereocenters. The van der Waals surface area contributed by atoms with E-state index < -0.39 is 32.8 Å². The number of rotatable bonds is 10. The molecule has 0 aliphatic heterocycles. The Kier molecular flexibility index (Phi) is 8.07. The number of aliphatic hydroxyl groups excluding tert-OH is 1. The lowest BCUT2D eigenvalue weighted by molar-refractivity contribution is -0.0454. The molecule has 228 valence electrons. The molecule has 0 radical (unpaired) electrons. The average molecular weight is 639 g/mol. The summed E-state index contributed by atoms with van der Waals surface area (Å²) >= 11 is 1.16. The van der Waals surface area contributed by atoms with Gasteiger partial charge in [-0.2, -0.15) is 5.10 Å². The molecule has 44 heavy (non-hydrogen) atoms. The Hall–Kier alpha value is -4.01. The second kappa shape index (κ2) is 11.8. The van der Waals surface area contributed by atoms with E-state index in [0.29, 0.717) is 51.2 Å². The number of ether oxygens (including phenoxy) is 1. The summed E-state index contributed by atoms with van der Waals surface area (Å²) < 4.78 is 60.8. The predicted molar refractivity (Wildman–Crippen MR) is 161 cm³/mol. The van der Waals surface area contributed by atoms with Gasteiger partial charge in [-0.05, 0) is 78.8 Å². The summed E-state index contributed by atoms with van der Waals surface area (Å²) in [5, 5.41) is 31.4. The highest BCUT2D eigenvalue weighted by Crippen LogP contribution is 2.40. The minimum absolute atomic E-state index is 0.0496. The van der Waals surface area contributed by atoms with Crippen LogP contribution in [0.1, 0.15) is 41.6 Å². The first-order chi connectivity index (χ1) is 21.0. The SMILES string of the molecule is COc1cccc(-c2cc(-c3c(Cc4ccc(S(N)(=O)=O)c(F)c4)c(CC4CC4)nn3-c3nc(C(O)O)cs3)ccc2F)c1. The Morgan fingerprint density at radius 1 is 1.07 bits per heavy atom. The largest absolute Gasteiger partial charge is 0.497 e. The number of sulfonamides is 1. The monoisotopic (exact) mass is 638 g/mol. The molecule has 0 saturated heterocycles. The number of nitrogens with two attached hydrogens (primary N) is 1. The lowest BCUT2D eigenvalue weighted by Gasteiger charge is -2.13. The van der Waals surface area contributed by atoms with Crippen LogP contribution in [0.2, 0.25) is 0 Å². The van der Waals surface area contributed by atoms with Crippen molar-refractivity contribution >= 4 is 21.4 Å². The molecule has 6 rings (SSSR count). The zero-order valence-corrected chi connectivity index (χ0v) is 25.1. The van der Waals surface area contributed by atoms with E-state index in [1.54, 1.807) is 41.1 Å². The van der Waals surface area contributed by atoms with Crippen LogP contribution in [0.5, 0.6) is 5.75 Å². The van der Waals surface area contributed by atoms with Gasteiger partial charge in [0, 0.05) is 28.5 Å². The molecular formula is C31H28F2N4O5S2. The molecule has 1 aliphatic rings. The molecule has 1 aliphatic carbocycles. The summed E-state index contributed by atoms with van der Waals surface area (Å²) in [6, 6.07) is 15.5. The maximum Gasteiger partial charge on any atom is 0.240 e. The topological polar surface area (TPSA) is 141 Å². The lowest BCUT2D eigenvalue weighted by atomic mass is 9.94. The molecule has 0 amide bonds. The average Bonchev–Trinajstić information content (AvgIpc) is 3.54. The van der Waals surface area contributed by atoms with Crippen LogP contribution in [0, 0.1) is 17.6 Å². The Balaban J connectivity index is 1.56. The van der Waals surface area contributed by atoms with Crippen molar-refractivity contribution in [2.45, 2.75) is 36.9 Å². The highest BCUT2D eigenvalue weighted by molar-refractivity contribution is 7.89. The molecular weight excluding hydrogens is 610 g/mol. The molecule has 9 nitrogen and oxygen atoms in total. The van der Waals surface area contributed by atoms with Gasteiger partial charge in [0.05, 0.1) is 18.5 Å². The van der Waals surface area contributed by atoms with Crippen LogP contribution in [-0.4, -0.2) is 40.5 Å². The fourth-order valence-electron chi connectivity index (χ4n) is 5.14. The van der Waals surface area contributed by atoms with Crippen LogP contribution >= 0.6 is 11.3 Å². The molecule has 2 heterocycles. The third-order valence-corrected chi connectivity index (χ3v) is 9.28. The Labute approximate surface area is 256 Å². The van der Waals surface area contributed by atoms with Crippen LogP contribution in [0.4, 0.5) is 8.78 Å². The predicted octanol–water partition coefficient (Wildman–Crippen LogP) is 5.12. The van der Waals surface area contributed by atoms with Crippen molar-refractivity contribution in [1.82, 2.24) is 14.8 Å². The van der Waals surface area contributed by atoms with E-state index in [1.807, 2.05) is 0 Å². The first kappa shape index (κ1) is 30.0. The van der Waals surface area contributed by atoms with E-state index in [1.165, 1.54) is 24.6 Å². The van der Waals surface area contributed by atoms with E-state index in [2.05, 4.69) is 4.98 Å². The van der Waals surface area contributed by atoms with Gasteiger partial charge in [0.2, 0.25) is 15.2 Å². The number of thiazole rings is 1. The third-order valence-electron chi connectivity index (χ3n) is 7.51. The number of primary sulfonamides is 1. The van der Waals surface area contributed by atoms with Gasteiger partial charge in [-0.15, -0.1) is 11.3 Å². The van der Waals surface area contributed by atoms with Crippen molar-refractivity contribution in [3.63, 3.8) is 0 Å². The van der Waals surface area contributed by atoms with Gasteiger partial charge in [0.15, 0.2) is 6.29 Å². The van der Waals surface area contributed by atoms with E-state index in [0.717, 1.165) is 47.6 Å². The smallest absolute Gasteiger partial charge is 0.240 e. The van der Waals surface area contributed by atoms with E-state index in [4.69, 9.17) is 15.0 Å². The molecule has 0 bridgehead atoms. The highest BCUT2D eigenvalue weighted by Gasteiger charge is 2.29. The summed E-state index contributed by atoms with van der Waals surface area (Å²) in [4.78, 5) is 3.78. The van der Waals surface area contributed by atoms with Gasteiger partial charge >= 0.3 is 0 Å². The van der Waals surface area contributed by atoms with Gasteiger partial charge in [-0.25, -0.2) is 32.0 Å². The summed E-state index contributed by atoms with van der Waals surface area (Å²) in [6.45, 7) is 0. The summed E-state index contributed by atoms with van der Waals surface area (Å²) in [7, 11) is -2.72. The molecule has 5 aromatic rings. The van der Waals surface area contributed by atoms with Gasteiger partial charge in [0.25, 0.3) is 0 Å². The number of aromatic nitrogens is 3. The molecule has 0 atom stereocenters. The van der Waals surface area contributed by atoms with Crippen molar-refractivity contribution < 1.29 is 32.1 Å². The van der Waals surface area contributed by atoms with Crippen molar-refractivity contribution in [3.05, 3.63) is 100 Å². The van der Waals surface area contributed by atoms with Crippen LogP contribution in [-0.2, 0) is 22.9 Å². The van der Waals surface area contributed by atoms with Crippen LogP contribution < -0.4 is 9.88 Å². The second-order valence-corrected chi connectivity index (χ2v) is 13.0. The maximum absolute atomic E-state index is 15.3. The Morgan fingerprint density at radius 3 is 2.52 bits per heavy atom. The number of halogens is 2. The maximum atomic E-state index is 15.3. The minimum atomic E-state index is -4.25. The minimum Gasteiger partial charge on any atom is -0.497 e. The zero-order valence-electron chi connectivity index (χ0n) is 23.4. The van der Waals surface area contributed by atoms with Gasteiger partial charge in [-0.3, -0.25) is 0 Å². The third kappa shape index (κ3) is 6.14. The molecule has 13 heteroatoms. The van der Waals surface area contributed by atoms with Gasteiger partial charge in [0.1, 0.15) is 28.0 Å². The van der Waals surface area contributed by atoms with Gasteiger partial charge in [-0.1, -0.05) is 18.2 Å². The molecule has 2 aromatic heterocycles. The van der Waals surface area contributed by atoms with Crippen molar-refractivity contribution in [2.24, 2.45) is 11.1 Å². The van der Waals surface area contributed by atoms with Crippen LogP contribution in [0.3, 0.4) is 0 Å². The number of methoxy groups -OCH3 is 1. The fourth-order valence-corrected chi connectivity index (χ4v) is 6.52. The number of hydrogen-bond donors (Lipinski definition) is 3. The van der Waals surface area contributed by atoms with Crippen LogP contribution in [0.25, 0.3) is 27.5 Å². The van der Waals surface area contributed by atoms with Crippen molar-refractivity contribution in [3.8, 4) is 33.3 Å². The van der Waals surface area contributed by atoms with Crippen molar-refractivity contribution in [1.29, 1.82) is 0 Å². The van der Waals surface area contributed by atoms with Crippen LogP contribution in [0.15, 0.2) is 70.9 Å². The summed E-state index contributed by atoms with van der Waals surface area (Å²) in [5.74, 6) is -0.439. The first-order valence-electron chi connectivity index (χ1n) is 13.7. The normalized spacial score (nSPS) is 13.5. The number of hydrogen-bond acceptors (Lipinski definition) is 8. The standard InChI is InChI=1S/C31H28F2N4O5S2/c1-42-21-4-2-3-19(14-21)22-15-20(8-9-24(22)32)29-23(11-18-7-10-28(25(33)12-18)44(34,40)41)26(13-17-5-6-17)36-37(29)31-35-27(16-43-31)30(38)39/h2-4,7-10,12,14-17,30,38-39H,5-6,11,13H2,1H3,(H2,34,40,41). The highest BCUT2D eigenvalue weighted by atomic mass is 32.2. The number of nitrogens with zero attached hydrogens (tertiary/aromatic N) is 3. The molecule has 1 fully saturated rings. The molecule has 0 spiro atoms. The van der Waals surface area contributed by atoms with E-state index >= 15 is 4.39 Å². The Bertz CT molecular complexity index is 1970. The van der Waals surface area contributed by atoms with Gasteiger partial charge < -0.3 is 14.9 Å². The van der Waals surface area contributed by atoms with Crippen molar-refractivity contribution in [2.75, 3.05) is 7.11 Å². The van der Waals surface area contributed by atoms with E-state index in [-0.39, 0.29) is 12.1 Å². The quantitative estimate of drug-likeness (QED) is 0.180. The molecule has 4 N–H and O–H groups in total. The Morgan fingerprint density at radius 2 is 1.86 bits per heavy atom. The molecule has 1 saturated carbocycles. The zero-order chi connectivity index (χ0) is 31.2. The molecule has 3 aromatic carbocycles. The summed E-state index contributed by atoms with van der Waals surface area (Å²) in [6.07, 6.45) is 1.10. The fraction of sp³-hybridized carbons (Fsp3) is 0.226. The van der Waals surface area contributed by atoms with E-state index in [9.17, 15) is 23.0 Å².